The van der Waals surface area contributed by atoms with E-state index in [1.165, 1.54) is 0 Å². The highest BCUT2D eigenvalue weighted by atomic mass is 32.2. The van der Waals surface area contributed by atoms with E-state index in [2.05, 4.69) is 0 Å². The summed E-state index contributed by atoms with van der Waals surface area (Å²) in [5, 5.41) is 0. The first-order valence-corrected chi connectivity index (χ1v) is 7.04. The molecule has 1 nitrogen and oxygen atoms in total. The van der Waals surface area contributed by atoms with Crippen LogP contribution in [-0.4, -0.2) is 18.3 Å². The summed E-state index contributed by atoms with van der Waals surface area (Å²) in [4.78, 5) is 12.0. The van der Waals surface area contributed by atoms with Crippen LogP contribution in [0.1, 0.15) is 17.3 Å². The number of allylic oxidation sites excluding steroid dienone is 1. The monoisotopic (exact) mass is 238 g/mol. The van der Waals surface area contributed by atoms with Gasteiger partial charge in [0.15, 0.2) is 5.78 Å². The molecule has 0 aromatic heterocycles. The summed E-state index contributed by atoms with van der Waals surface area (Å²) in [5.41, 5.74) is 1.59. The van der Waals surface area contributed by atoms with Crippen LogP contribution in [0.25, 0.3) is 0 Å². The van der Waals surface area contributed by atoms with Gasteiger partial charge in [-0.15, -0.1) is 23.5 Å². The summed E-state index contributed by atoms with van der Waals surface area (Å²) >= 11 is 3.25. The lowest BCUT2D eigenvalue weighted by Crippen LogP contribution is -2.01. The third-order valence-corrected chi connectivity index (χ3v) is 4.41. The summed E-state index contributed by atoms with van der Waals surface area (Å²) in [5.74, 6) is 0.120. The fourth-order valence-electron chi connectivity index (χ4n) is 1.29. The van der Waals surface area contributed by atoms with Crippen molar-refractivity contribution in [2.45, 2.75) is 6.92 Å². The second-order valence-electron chi connectivity index (χ2n) is 3.02. The van der Waals surface area contributed by atoms with Gasteiger partial charge in [0.05, 0.1) is 0 Å². The minimum atomic E-state index is 0.120. The SMILES string of the molecule is CSC(SC)=C(C)C(=O)c1ccccc1. The standard InChI is InChI=1S/C12H14OS2/c1-9(12(14-2)15-3)11(13)10-7-5-4-6-8-10/h4-8H,1-3H3. The lowest BCUT2D eigenvalue weighted by Gasteiger charge is -2.06. The van der Waals surface area contributed by atoms with Crippen molar-refractivity contribution in [3.8, 4) is 0 Å². The fraction of sp³-hybridized carbons (Fsp3) is 0.250. The average Bonchev–Trinajstić information content (AvgIpc) is 2.30. The van der Waals surface area contributed by atoms with Crippen molar-refractivity contribution >= 4 is 29.3 Å². The van der Waals surface area contributed by atoms with Crippen molar-refractivity contribution in [3.63, 3.8) is 0 Å². The predicted molar refractivity (Wildman–Crippen MR) is 70.5 cm³/mol. The minimum absolute atomic E-state index is 0.120. The summed E-state index contributed by atoms with van der Waals surface area (Å²) in [6.07, 6.45) is 3.99. The number of benzene rings is 1. The van der Waals surface area contributed by atoms with E-state index in [9.17, 15) is 4.79 Å². The van der Waals surface area contributed by atoms with Crippen LogP contribution in [0.2, 0.25) is 0 Å². The third-order valence-electron chi connectivity index (χ3n) is 2.05. The molecule has 1 aromatic carbocycles. The van der Waals surface area contributed by atoms with Crippen molar-refractivity contribution in [1.82, 2.24) is 0 Å². The molecule has 1 aromatic rings. The average molecular weight is 238 g/mol. The Kier molecular flexibility index (Phi) is 4.99. The quantitative estimate of drug-likeness (QED) is 0.586. The smallest absolute Gasteiger partial charge is 0.190 e. The van der Waals surface area contributed by atoms with Crippen molar-refractivity contribution in [2.24, 2.45) is 0 Å². The number of hydrogen-bond donors (Lipinski definition) is 0. The van der Waals surface area contributed by atoms with Crippen molar-refractivity contribution in [1.29, 1.82) is 0 Å². The van der Waals surface area contributed by atoms with Crippen LogP contribution in [0.15, 0.2) is 40.1 Å². The third kappa shape index (κ3) is 3.14. The molecule has 80 valence electrons. The lowest BCUT2D eigenvalue weighted by atomic mass is 10.1. The molecule has 0 saturated carbocycles. The van der Waals surface area contributed by atoms with Gasteiger partial charge >= 0.3 is 0 Å². The van der Waals surface area contributed by atoms with E-state index in [-0.39, 0.29) is 5.78 Å². The van der Waals surface area contributed by atoms with Crippen molar-refractivity contribution in [2.75, 3.05) is 12.5 Å². The molecular weight excluding hydrogens is 224 g/mol. The summed E-state index contributed by atoms with van der Waals surface area (Å²) < 4.78 is 1.09. The zero-order valence-corrected chi connectivity index (χ0v) is 10.7. The second kappa shape index (κ2) is 6.03. The van der Waals surface area contributed by atoms with Crippen LogP contribution < -0.4 is 0 Å². The van der Waals surface area contributed by atoms with Crippen molar-refractivity contribution in [3.05, 3.63) is 45.7 Å². The normalized spacial score (nSPS) is 9.80. The first kappa shape index (κ1) is 12.4. The molecule has 3 heteroatoms. The molecule has 0 N–H and O–H groups in total. The second-order valence-corrected chi connectivity index (χ2v) is 4.91. The Morgan fingerprint density at radius 3 is 2.07 bits per heavy atom. The Morgan fingerprint density at radius 2 is 1.60 bits per heavy atom. The molecule has 0 saturated heterocycles. The summed E-state index contributed by atoms with van der Waals surface area (Å²) in [7, 11) is 0. The minimum Gasteiger partial charge on any atom is -0.289 e. The fourth-order valence-corrected chi connectivity index (χ4v) is 2.75. The van der Waals surface area contributed by atoms with Gasteiger partial charge < -0.3 is 0 Å². The highest BCUT2D eigenvalue weighted by Crippen LogP contribution is 2.28. The van der Waals surface area contributed by atoms with E-state index < -0.39 is 0 Å². The predicted octanol–water partition coefficient (Wildman–Crippen LogP) is 3.83. The highest BCUT2D eigenvalue weighted by molar-refractivity contribution is 8.21. The first-order valence-electron chi connectivity index (χ1n) is 4.59. The first-order chi connectivity index (χ1) is 7.20. The molecule has 0 aliphatic carbocycles. The van der Waals surface area contributed by atoms with Crippen LogP contribution >= 0.6 is 23.5 Å². The molecule has 0 fully saturated rings. The van der Waals surface area contributed by atoms with Gasteiger partial charge in [-0.25, -0.2) is 0 Å². The van der Waals surface area contributed by atoms with E-state index in [0.717, 1.165) is 15.4 Å². The van der Waals surface area contributed by atoms with Crippen LogP contribution in [-0.2, 0) is 0 Å². The number of carbonyl (C=O) groups excluding carboxylic acids is 1. The maximum atomic E-state index is 12.0. The van der Waals surface area contributed by atoms with Crippen molar-refractivity contribution < 1.29 is 4.79 Å². The Balaban J connectivity index is 3.00. The Bertz CT molecular complexity index is 362. The largest absolute Gasteiger partial charge is 0.289 e. The van der Waals surface area contributed by atoms with Gasteiger partial charge in [0.2, 0.25) is 0 Å². The topological polar surface area (TPSA) is 17.1 Å². The molecule has 15 heavy (non-hydrogen) atoms. The van der Waals surface area contributed by atoms with Crippen LogP contribution in [0.3, 0.4) is 0 Å². The van der Waals surface area contributed by atoms with E-state index in [1.54, 1.807) is 23.5 Å². The maximum Gasteiger partial charge on any atom is 0.190 e. The zero-order chi connectivity index (χ0) is 11.3. The maximum absolute atomic E-state index is 12.0. The summed E-state index contributed by atoms with van der Waals surface area (Å²) in [6.45, 7) is 1.89. The number of ketones is 1. The molecule has 0 bridgehead atoms. The van der Waals surface area contributed by atoms with E-state index in [0.29, 0.717) is 0 Å². The number of rotatable bonds is 4. The molecule has 0 aliphatic heterocycles. The molecule has 0 atom stereocenters. The van der Waals surface area contributed by atoms with Gasteiger partial charge in [-0.2, -0.15) is 0 Å². The molecule has 0 amide bonds. The van der Waals surface area contributed by atoms with Crippen LogP contribution in [0.4, 0.5) is 0 Å². The molecule has 0 heterocycles. The Hall–Kier alpha value is -0.670. The van der Waals surface area contributed by atoms with E-state index >= 15 is 0 Å². The number of hydrogen-bond acceptors (Lipinski definition) is 3. The van der Waals surface area contributed by atoms with Gasteiger partial charge in [0.25, 0.3) is 0 Å². The van der Waals surface area contributed by atoms with Gasteiger partial charge in [-0.1, -0.05) is 30.3 Å². The zero-order valence-electron chi connectivity index (χ0n) is 9.11. The van der Waals surface area contributed by atoms with Crippen LogP contribution in [0.5, 0.6) is 0 Å². The summed E-state index contributed by atoms with van der Waals surface area (Å²) in [6, 6.07) is 9.39. The lowest BCUT2D eigenvalue weighted by molar-refractivity contribution is 0.103. The van der Waals surface area contributed by atoms with Gasteiger partial charge in [-0.3, -0.25) is 4.79 Å². The highest BCUT2D eigenvalue weighted by Gasteiger charge is 2.11. The van der Waals surface area contributed by atoms with Gasteiger partial charge in [0.1, 0.15) is 0 Å². The molecular formula is C12H14OS2. The van der Waals surface area contributed by atoms with E-state index in [1.807, 2.05) is 49.8 Å². The molecule has 0 radical (unpaired) electrons. The molecule has 0 unspecified atom stereocenters. The Morgan fingerprint density at radius 1 is 1.07 bits per heavy atom. The molecule has 0 aliphatic rings. The Labute approximate surface area is 99.3 Å². The molecule has 0 spiro atoms. The van der Waals surface area contributed by atoms with Gasteiger partial charge in [0, 0.05) is 15.4 Å². The number of carbonyl (C=O) groups is 1. The van der Waals surface area contributed by atoms with Crippen LogP contribution in [0, 0.1) is 0 Å². The number of thioether (sulfide) groups is 2. The number of Topliss-reactive ketones (excluding diaryl/α,β-unsaturated/α-hetero) is 1. The molecule has 1 rings (SSSR count). The van der Waals surface area contributed by atoms with Gasteiger partial charge in [-0.05, 0) is 19.4 Å². The van der Waals surface area contributed by atoms with E-state index in [4.69, 9.17) is 0 Å².